The minimum atomic E-state index is -4.20. The predicted molar refractivity (Wildman–Crippen MR) is 42.8 cm³/mol. The van der Waals surface area contributed by atoms with Crippen LogP contribution in [0.15, 0.2) is 0 Å². The highest BCUT2D eigenvalue weighted by atomic mass is 32.1. The van der Waals surface area contributed by atoms with Gasteiger partial charge < -0.3 is 10.6 Å². The first-order valence-electron chi connectivity index (χ1n) is 3.58. The molecule has 12 heavy (non-hydrogen) atoms. The van der Waals surface area contributed by atoms with Crippen molar-refractivity contribution in [3.8, 4) is 0 Å². The maximum Gasteiger partial charge on any atom is 0.405 e. The van der Waals surface area contributed by atoms with Crippen molar-refractivity contribution in [1.82, 2.24) is 10.6 Å². The molecule has 0 aromatic rings. The van der Waals surface area contributed by atoms with Gasteiger partial charge >= 0.3 is 6.18 Å². The second-order valence-electron chi connectivity index (χ2n) is 2.72. The highest BCUT2D eigenvalue weighted by molar-refractivity contribution is 7.80. The molecule has 1 saturated carbocycles. The Balaban J connectivity index is 2.09. The van der Waals surface area contributed by atoms with Crippen LogP contribution in [0.2, 0.25) is 0 Å². The molecule has 0 aromatic heterocycles. The van der Waals surface area contributed by atoms with Crippen molar-refractivity contribution < 1.29 is 13.2 Å². The molecular formula is C6H9F3N2S. The Kier molecular flexibility index (Phi) is 2.76. The molecule has 0 unspecified atom stereocenters. The summed E-state index contributed by atoms with van der Waals surface area (Å²) in [6, 6.07) is 0.290. The van der Waals surface area contributed by atoms with Crippen LogP contribution in [0.25, 0.3) is 0 Å². The summed E-state index contributed by atoms with van der Waals surface area (Å²) in [5, 5.41) is 4.93. The summed E-state index contributed by atoms with van der Waals surface area (Å²) < 4.78 is 34.9. The van der Waals surface area contributed by atoms with Gasteiger partial charge in [-0.25, -0.2) is 0 Å². The monoisotopic (exact) mass is 198 g/mol. The van der Waals surface area contributed by atoms with Gasteiger partial charge in [0.2, 0.25) is 0 Å². The largest absolute Gasteiger partial charge is 0.405 e. The Morgan fingerprint density at radius 1 is 1.42 bits per heavy atom. The van der Waals surface area contributed by atoms with Gasteiger partial charge in [-0.3, -0.25) is 0 Å². The maximum absolute atomic E-state index is 11.6. The lowest BCUT2D eigenvalue weighted by Crippen LogP contribution is -2.41. The first-order valence-corrected chi connectivity index (χ1v) is 3.99. The molecule has 0 aliphatic heterocycles. The molecule has 1 fully saturated rings. The van der Waals surface area contributed by atoms with Crippen LogP contribution in [0.3, 0.4) is 0 Å². The standard InChI is InChI=1S/C6H9F3N2S/c7-6(8,9)3-10-5(12)11-4-1-2-4/h4H,1-3H2,(H2,10,11,12). The van der Waals surface area contributed by atoms with Crippen molar-refractivity contribution in [2.75, 3.05) is 6.54 Å². The molecule has 6 heteroatoms. The first kappa shape index (κ1) is 9.57. The van der Waals surface area contributed by atoms with Gasteiger partial charge in [-0.15, -0.1) is 0 Å². The molecule has 1 rings (SSSR count). The van der Waals surface area contributed by atoms with Gasteiger partial charge in [0.15, 0.2) is 5.11 Å². The van der Waals surface area contributed by atoms with Crippen LogP contribution in [0, 0.1) is 0 Å². The first-order chi connectivity index (χ1) is 5.47. The predicted octanol–water partition coefficient (Wildman–Crippen LogP) is 1.18. The third-order valence-corrected chi connectivity index (χ3v) is 1.62. The van der Waals surface area contributed by atoms with E-state index in [2.05, 4.69) is 22.9 Å². The molecule has 0 amide bonds. The average Bonchev–Trinajstić information content (AvgIpc) is 2.66. The topological polar surface area (TPSA) is 24.1 Å². The van der Waals surface area contributed by atoms with Crippen molar-refractivity contribution in [2.45, 2.75) is 25.1 Å². The molecule has 70 valence electrons. The quantitative estimate of drug-likeness (QED) is 0.651. The third kappa shape index (κ3) is 4.38. The summed E-state index contributed by atoms with van der Waals surface area (Å²) in [5.74, 6) is 0. The minimum Gasteiger partial charge on any atom is -0.360 e. The Morgan fingerprint density at radius 3 is 2.42 bits per heavy atom. The van der Waals surface area contributed by atoms with Crippen LogP contribution < -0.4 is 10.6 Å². The molecule has 0 spiro atoms. The zero-order chi connectivity index (χ0) is 9.19. The SMILES string of the molecule is FC(F)(F)CNC(=S)NC1CC1. The summed E-state index contributed by atoms with van der Waals surface area (Å²) >= 11 is 4.62. The van der Waals surface area contributed by atoms with Crippen molar-refractivity contribution in [1.29, 1.82) is 0 Å². The minimum absolute atomic E-state index is 0.0924. The van der Waals surface area contributed by atoms with Gasteiger partial charge in [0.05, 0.1) is 0 Å². The number of rotatable bonds is 2. The van der Waals surface area contributed by atoms with E-state index in [1.165, 1.54) is 0 Å². The van der Waals surface area contributed by atoms with E-state index in [9.17, 15) is 13.2 Å². The van der Waals surface area contributed by atoms with Crippen LogP contribution in [0.4, 0.5) is 13.2 Å². The molecule has 2 nitrogen and oxygen atoms in total. The molecule has 0 heterocycles. The van der Waals surface area contributed by atoms with Crippen molar-refractivity contribution in [3.05, 3.63) is 0 Å². The van der Waals surface area contributed by atoms with Crippen molar-refractivity contribution in [2.24, 2.45) is 0 Å². The molecule has 1 aliphatic rings. The van der Waals surface area contributed by atoms with E-state index in [0.717, 1.165) is 12.8 Å². The van der Waals surface area contributed by atoms with Crippen LogP contribution in [-0.4, -0.2) is 23.9 Å². The number of thiocarbonyl (C=S) groups is 1. The molecule has 0 bridgehead atoms. The highest BCUT2D eigenvalue weighted by Crippen LogP contribution is 2.18. The maximum atomic E-state index is 11.6. The van der Waals surface area contributed by atoms with E-state index in [0.29, 0.717) is 6.04 Å². The third-order valence-electron chi connectivity index (χ3n) is 1.36. The van der Waals surface area contributed by atoms with Crippen molar-refractivity contribution >= 4 is 17.3 Å². The van der Waals surface area contributed by atoms with Gasteiger partial charge in [0, 0.05) is 6.04 Å². The van der Waals surface area contributed by atoms with Gasteiger partial charge in [-0.1, -0.05) is 0 Å². The Morgan fingerprint density at radius 2 is 2.00 bits per heavy atom. The van der Waals surface area contributed by atoms with Gasteiger partial charge in [-0.2, -0.15) is 13.2 Å². The van der Waals surface area contributed by atoms with Gasteiger partial charge in [0.1, 0.15) is 6.54 Å². The fraction of sp³-hybridized carbons (Fsp3) is 0.833. The van der Waals surface area contributed by atoms with E-state index >= 15 is 0 Å². The molecule has 2 N–H and O–H groups in total. The number of nitrogens with one attached hydrogen (secondary N) is 2. The number of hydrogen-bond donors (Lipinski definition) is 2. The summed E-state index contributed by atoms with van der Waals surface area (Å²) in [4.78, 5) is 0. The smallest absolute Gasteiger partial charge is 0.360 e. The second-order valence-corrected chi connectivity index (χ2v) is 3.12. The molecular weight excluding hydrogens is 189 g/mol. The fourth-order valence-electron chi connectivity index (χ4n) is 0.645. The lowest BCUT2D eigenvalue weighted by Gasteiger charge is -2.11. The number of hydrogen-bond acceptors (Lipinski definition) is 1. The lowest BCUT2D eigenvalue weighted by atomic mass is 10.6. The number of alkyl halides is 3. The fourth-order valence-corrected chi connectivity index (χ4v) is 0.883. The van der Waals surface area contributed by atoms with Gasteiger partial charge in [0.25, 0.3) is 0 Å². The van der Waals surface area contributed by atoms with Crippen LogP contribution in [0.1, 0.15) is 12.8 Å². The molecule has 1 aliphatic carbocycles. The lowest BCUT2D eigenvalue weighted by molar-refractivity contribution is -0.122. The zero-order valence-corrected chi connectivity index (χ0v) is 7.06. The number of halogens is 3. The molecule has 0 saturated heterocycles. The zero-order valence-electron chi connectivity index (χ0n) is 6.24. The van der Waals surface area contributed by atoms with Crippen molar-refractivity contribution in [3.63, 3.8) is 0 Å². The Hall–Kier alpha value is -0.520. The summed E-state index contributed by atoms with van der Waals surface area (Å²) in [6.07, 6.45) is -2.21. The van der Waals surface area contributed by atoms with Crippen LogP contribution >= 0.6 is 12.2 Å². The van der Waals surface area contributed by atoms with E-state index < -0.39 is 12.7 Å². The second kappa shape index (κ2) is 3.47. The molecule has 0 radical (unpaired) electrons. The summed E-state index contributed by atoms with van der Waals surface area (Å²) in [7, 11) is 0. The van der Waals surface area contributed by atoms with Crippen LogP contribution in [-0.2, 0) is 0 Å². The van der Waals surface area contributed by atoms with Gasteiger partial charge in [-0.05, 0) is 25.1 Å². The van der Waals surface area contributed by atoms with E-state index in [-0.39, 0.29) is 5.11 Å². The Labute approximate surface area is 73.5 Å². The summed E-state index contributed by atoms with van der Waals surface area (Å²) in [6.45, 7) is -1.06. The molecule has 0 atom stereocenters. The molecule has 0 aromatic carbocycles. The highest BCUT2D eigenvalue weighted by Gasteiger charge is 2.28. The van der Waals surface area contributed by atoms with E-state index in [1.807, 2.05) is 0 Å². The average molecular weight is 198 g/mol. The summed E-state index contributed by atoms with van der Waals surface area (Å²) in [5.41, 5.74) is 0. The van der Waals surface area contributed by atoms with Crippen LogP contribution in [0.5, 0.6) is 0 Å². The normalized spacial score (nSPS) is 17.2. The van der Waals surface area contributed by atoms with E-state index in [4.69, 9.17) is 0 Å². The van der Waals surface area contributed by atoms with E-state index in [1.54, 1.807) is 0 Å². The Bertz CT molecular complexity index is 176.